The molecule has 2 aromatic carbocycles. The van der Waals surface area contributed by atoms with Crippen molar-refractivity contribution in [1.82, 2.24) is 14.3 Å². The maximum atomic E-state index is 12.8. The van der Waals surface area contributed by atoms with Gasteiger partial charge in [-0.05, 0) is 54.4 Å². The Morgan fingerprint density at radius 2 is 1.84 bits per heavy atom. The Labute approximate surface area is 146 Å². The van der Waals surface area contributed by atoms with Crippen molar-refractivity contribution in [2.45, 2.75) is 19.8 Å². The van der Waals surface area contributed by atoms with Crippen LogP contribution in [0.3, 0.4) is 0 Å². The second-order valence-electron chi connectivity index (χ2n) is 6.30. The predicted octanol–water partition coefficient (Wildman–Crippen LogP) is 5.12. The van der Waals surface area contributed by atoms with E-state index in [0.717, 1.165) is 29.8 Å². The summed E-state index contributed by atoms with van der Waals surface area (Å²) in [5.74, 6) is -0.209. The third kappa shape index (κ3) is 2.95. The summed E-state index contributed by atoms with van der Waals surface area (Å²) < 4.78 is 16.9. The summed E-state index contributed by atoms with van der Waals surface area (Å²) in [5, 5.41) is 5.79. The van der Waals surface area contributed by atoms with Crippen molar-refractivity contribution in [3.8, 4) is 16.9 Å². The molecule has 0 amide bonds. The third-order valence-electron chi connectivity index (χ3n) is 4.48. The molecule has 3 nitrogen and oxygen atoms in total. The van der Waals surface area contributed by atoms with Gasteiger partial charge in [0.05, 0.1) is 22.6 Å². The summed E-state index contributed by atoms with van der Waals surface area (Å²) in [4.78, 5) is 0. The van der Waals surface area contributed by atoms with Crippen molar-refractivity contribution >= 4 is 10.9 Å². The van der Waals surface area contributed by atoms with Crippen LogP contribution in [0, 0.1) is 5.82 Å². The highest BCUT2D eigenvalue weighted by molar-refractivity contribution is 5.99. The van der Waals surface area contributed by atoms with E-state index in [1.807, 2.05) is 11.7 Å². The quantitative estimate of drug-likeness (QED) is 0.449. The molecule has 0 unspecified atom stereocenters. The SMILES string of the molecule is CCCc1cc(-c2ccc(F)cc2)n(C)n1.c1cc2c3c(c1)ccn3-2. The predicted molar refractivity (Wildman–Crippen MR) is 99.4 cm³/mol. The number of pyridine rings is 1. The van der Waals surface area contributed by atoms with Crippen molar-refractivity contribution in [1.29, 1.82) is 0 Å². The van der Waals surface area contributed by atoms with Crippen LogP contribution in [-0.2, 0) is 13.5 Å². The molecule has 0 fully saturated rings. The number of aryl methyl sites for hydroxylation is 2. The fourth-order valence-corrected chi connectivity index (χ4v) is 3.20. The lowest BCUT2D eigenvalue weighted by Gasteiger charge is -2.00. The third-order valence-corrected chi connectivity index (χ3v) is 4.48. The molecule has 0 saturated heterocycles. The summed E-state index contributed by atoms with van der Waals surface area (Å²) in [6.07, 6.45) is 4.18. The molecule has 0 bridgehead atoms. The van der Waals surface area contributed by atoms with Gasteiger partial charge in [0.15, 0.2) is 0 Å². The van der Waals surface area contributed by atoms with E-state index < -0.39 is 0 Å². The lowest BCUT2D eigenvalue weighted by atomic mass is 10.1. The minimum Gasteiger partial charge on any atom is -0.313 e. The molecule has 0 spiro atoms. The topological polar surface area (TPSA) is 22.8 Å². The lowest BCUT2D eigenvalue weighted by molar-refractivity contribution is 0.628. The van der Waals surface area contributed by atoms with Crippen molar-refractivity contribution in [2.24, 2.45) is 7.05 Å². The van der Waals surface area contributed by atoms with Crippen molar-refractivity contribution in [3.05, 3.63) is 72.3 Å². The van der Waals surface area contributed by atoms with E-state index in [1.54, 1.807) is 12.1 Å². The van der Waals surface area contributed by atoms with Gasteiger partial charge >= 0.3 is 0 Å². The van der Waals surface area contributed by atoms with Gasteiger partial charge in [0.25, 0.3) is 0 Å². The Kier molecular flexibility index (Phi) is 3.88. The molecule has 5 rings (SSSR count). The molecule has 2 aromatic heterocycles. The molecule has 0 saturated carbocycles. The van der Waals surface area contributed by atoms with E-state index in [4.69, 9.17) is 0 Å². The number of halogens is 1. The van der Waals surface area contributed by atoms with Crippen LogP contribution in [0.5, 0.6) is 0 Å². The minimum atomic E-state index is -0.209. The summed E-state index contributed by atoms with van der Waals surface area (Å²) in [5.41, 5.74) is 5.92. The summed E-state index contributed by atoms with van der Waals surface area (Å²) in [7, 11) is 1.91. The van der Waals surface area contributed by atoms with Gasteiger partial charge in [0.1, 0.15) is 5.82 Å². The first-order chi connectivity index (χ1) is 12.2. The first kappa shape index (κ1) is 15.6. The highest BCUT2D eigenvalue weighted by atomic mass is 19.1. The minimum absolute atomic E-state index is 0.209. The Bertz CT molecular complexity index is 1030. The van der Waals surface area contributed by atoms with Crippen LogP contribution < -0.4 is 0 Å². The molecule has 3 heterocycles. The summed E-state index contributed by atoms with van der Waals surface area (Å²) in [6.45, 7) is 2.13. The molecule has 25 heavy (non-hydrogen) atoms. The van der Waals surface area contributed by atoms with Gasteiger partial charge in [-0.15, -0.1) is 0 Å². The molecule has 126 valence electrons. The summed E-state index contributed by atoms with van der Waals surface area (Å²) in [6, 6.07) is 17.1. The Hall–Kier alpha value is -2.88. The first-order valence-electron chi connectivity index (χ1n) is 8.56. The van der Waals surface area contributed by atoms with E-state index >= 15 is 0 Å². The Morgan fingerprint density at radius 3 is 2.52 bits per heavy atom. The highest BCUT2D eigenvalue weighted by Gasteiger charge is 2.18. The van der Waals surface area contributed by atoms with Gasteiger partial charge in [0.2, 0.25) is 0 Å². The maximum Gasteiger partial charge on any atom is 0.123 e. The average molecular weight is 333 g/mol. The number of aromatic nitrogens is 3. The number of para-hydroxylation sites is 1. The van der Waals surface area contributed by atoms with Gasteiger partial charge in [-0.25, -0.2) is 4.39 Å². The van der Waals surface area contributed by atoms with Crippen molar-refractivity contribution < 1.29 is 4.39 Å². The zero-order valence-electron chi connectivity index (χ0n) is 14.4. The van der Waals surface area contributed by atoms with E-state index in [-0.39, 0.29) is 5.82 Å². The van der Waals surface area contributed by atoms with Gasteiger partial charge in [0, 0.05) is 18.6 Å². The van der Waals surface area contributed by atoms with Gasteiger partial charge in [-0.2, -0.15) is 5.10 Å². The van der Waals surface area contributed by atoms with E-state index in [9.17, 15) is 4.39 Å². The fraction of sp³-hybridized carbons (Fsp3) is 0.190. The second-order valence-corrected chi connectivity index (χ2v) is 6.30. The van der Waals surface area contributed by atoms with Gasteiger partial charge in [-0.1, -0.05) is 25.5 Å². The van der Waals surface area contributed by atoms with Crippen LogP contribution in [0.1, 0.15) is 19.0 Å². The molecule has 0 N–H and O–H groups in total. The second kappa shape index (κ2) is 6.20. The number of rotatable bonds is 3. The number of fused-ring (bicyclic) bond motifs is 1. The summed E-state index contributed by atoms with van der Waals surface area (Å²) >= 11 is 0. The standard InChI is InChI=1S/C13H15FN2.C8H5N/c1-3-4-12-9-13(16(2)15-12)10-5-7-11(14)8-6-10;1-2-6-4-5-9-7(3-1)8(6)9/h5-9H,3-4H2,1-2H3;1-5H. The van der Waals surface area contributed by atoms with Gasteiger partial charge < -0.3 is 4.57 Å². The Morgan fingerprint density at radius 1 is 1.04 bits per heavy atom. The molecule has 0 radical (unpaired) electrons. The number of benzene rings is 2. The highest BCUT2D eigenvalue weighted by Crippen LogP contribution is 2.36. The van der Waals surface area contributed by atoms with Crippen LogP contribution in [0.2, 0.25) is 0 Å². The van der Waals surface area contributed by atoms with Crippen LogP contribution >= 0.6 is 0 Å². The molecular weight excluding hydrogens is 313 g/mol. The zero-order valence-corrected chi connectivity index (χ0v) is 14.4. The number of hydrogen-bond donors (Lipinski definition) is 0. The van der Waals surface area contributed by atoms with Crippen LogP contribution in [0.15, 0.2) is 60.8 Å². The van der Waals surface area contributed by atoms with E-state index in [1.165, 1.54) is 28.7 Å². The van der Waals surface area contributed by atoms with E-state index in [0.29, 0.717) is 0 Å². The molecule has 0 aliphatic carbocycles. The molecule has 4 aromatic rings. The van der Waals surface area contributed by atoms with Crippen LogP contribution in [-0.4, -0.2) is 14.3 Å². The number of nitrogens with zero attached hydrogens (tertiary/aromatic N) is 3. The smallest absolute Gasteiger partial charge is 0.123 e. The van der Waals surface area contributed by atoms with Crippen LogP contribution in [0.25, 0.3) is 27.8 Å². The van der Waals surface area contributed by atoms with Crippen molar-refractivity contribution in [3.63, 3.8) is 0 Å². The zero-order chi connectivity index (χ0) is 17.4. The van der Waals surface area contributed by atoms with Crippen LogP contribution in [0.4, 0.5) is 4.39 Å². The molecule has 0 atom stereocenters. The average Bonchev–Trinajstić information content (AvgIpc) is 2.94. The van der Waals surface area contributed by atoms with Gasteiger partial charge in [-0.3, -0.25) is 4.68 Å². The Balaban J connectivity index is 0.000000144. The fourth-order valence-electron chi connectivity index (χ4n) is 3.20. The molecule has 1 aliphatic heterocycles. The molecular formula is C21H20FN3. The molecule has 4 heteroatoms. The first-order valence-corrected chi connectivity index (χ1v) is 8.56. The lowest BCUT2D eigenvalue weighted by Crippen LogP contribution is -1.94. The molecule has 1 aliphatic rings. The van der Waals surface area contributed by atoms with E-state index in [2.05, 4.69) is 53.1 Å². The normalized spacial score (nSPS) is 11.3. The largest absolute Gasteiger partial charge is 0.313 e. The van der Waals surface area contributed by atoms with Crippen molar-refractivity contribution in [2.75, 3.05) is 0 Å². The maximum absolute atomic E-state index is 12.8. The monoisotopic (exact) mass is 333 g/mol. The number of hydrogen-bond acceptors (Lipinski definition) is 1.